The number of nitrogens with zero attached hydrogens (tertiary/aromatic N) is 6. The van der Waals surface area contributed by atoms with Gasteiger partial charge in [0.15, 0.2) is 11.6 Å². The maximum absolute atomic E-state index is 12.6. The third-order valence-electron chi connectivity index (χ3n) is 8.69. The molecule has 0 aromatic rings. The molecule has 0 saturated heterocycles. The van der Waals surface area contributed by atoms with E-state index in [-0.39, 0.29) is 22.4 Å². The summed E-state index contributed by atoms with van der Waals surface area (Å²) in [6.45, 7) is 20.0. The van der Waals surface area contributed by atoms with Crippen LogP contribution in [-0.4, -0.2) is 23.7 Å². The zero-order chi connectivity index (χ0) is 36.1. The third-order valence-corrected chi connectivity index (χ3v) is 8.69. The van der Waals surface area contributed by atoms with Crippen LogP contribution < -0.4 is 0 Å². The lowest BCUT2D eigenvalue weighted by molar-refractivity contribution is -0.118. The summed E-state index contributed by atoms with van der Waals surface area (Å²) in [5.41, 5.74) is 24.6. The van der Waals surface area contributed by atoms with Gasteiger partial charge in [-0.1, -0.05) is 145 Å². The number of hydrogen-bond donors (Lipinski definition) is 0. The summed E-state index contributed by atoms with van der Waals surface area (Å²) < 4.78 is 0. The summed E-state index contributed by atoms with van der Waals surface area (Å²) in [6.07, 6.45) is 29.3. The average molecular weight is 647 g/mol. The molecule has 0 amide bonds. The first-order valence-electron chi connectivity index (χ1n) is 16.2. The van der Waals surface area contributed by atoms with E-state index in [1.807, 2.05) is 127 Å². The molecule has 8 nitrogen and oxygen atoms in total. The van der Waals surface area contributed by atoms with Crippen LogP contribution in [0.4, 0.5) is 0 Å². The van der Waals surface area contributed by atoms with Gasteiger partial charge in [0, 0.05) is 9.82 Å². The van der Waals surface area contributed by atoms with Crippen molar-refractivity contribution in [1.29, 1.82) is 0 Å². The van der Waals surface area contributed by atoms with Crippen LogP contribution in [0.15, 0.2) is 140 Å². The topological polar surface area (TPSA) is 132 Å². The van der Waals surface area contributed by atoms with Crippen molar-refractivity contribution in [1.82, 2.24) is 0 Å². The summed E-state index contributed by atoms with van der Waals surface area (Å²) in [4.78, 5) is 30.9. The Balaban J connectivity index is 1.98. The number of ketones is 2. The number of Topliss-reactive ketones (excluding diaryl/α,β-unsaturated/α-hetero) is 2. The molecular formula is C40H50N6O2. The first kappa shape index (κ1) is 39.3. The van der Waals surface area contributed by atoms with Crippen LogP contribution in [0.2, 0.25) is 0 Å². The Bertz CT molecular complexity index is 1590. The molecule has 0 aromatic carbocycles. The Hall–Kier alpha value is -4.90. The van der Waals surface area contributed by atoms with Gasteiger partial charge in [-0.15, -0.1) is 0 Å². The number of azide groups is 2. The second kappa shape index (κ2) is 17.9. The highest BCUT2D eigenvalue weighted by molar-refractivity contribution is 6.02. The molecule has 2 rings (SSSR count). The van der Waals surface area contributed by atoms with Crippen molar-refractivity contribution in [3.63, 3.8) is 0 Å². The number of carbonyl (C=O) groups is 2. The van der Waals surface area contributed by atoms with E-state index in [9.17, 15) is 9.59 Å². The highest BCUT2D eigenvalue weighted by Crippen LogP contribution is 2.42. The van der Waals surface area contributed by atoms with Gasteiger partial charge in [0.25, 0.3) is 0 Å². The molecule has 0 saturated carbocycles. The largest absolute Gasteiger partial charge is 0.294 e. The lowest BCUT2D eigenvalue weighted by Gasteiger charge is -2.35. The molecule has 2 unspecified atom stereocenters. The Morgan fingerprint density at radius 1 is 0.604 bits per heavy atom. The Labute approximate surface area is 286 Å². The van der Waals surface area contributed by atoms with Crippen LogP contribution in [0.25, 0.3) is 20.9 Å². The third kappa shape index (κ3) is 11.4. The zero-order valence-electron chi connectivity index (χ0n) is 30.2. The van der Waals surface area contributed by atoms with E-state index in [0.717, 1.165) is 33.4 Å². The molecule has 0 spiro atoms. The Kier molecular flexibility index (Phi) is 14.6. The summed E-state index contributed by atoms with van der Waals surface area (Å²) in [5, 5.41) is 7.39. The zero-order valence-corrected chi connectivity index (χ0v) is 30.2. The molecule has 0 fully saturated rings. The number of hydrogen-bond acceptors (Lipinski definition) is 4. The van der Waals surface area contributed by atoms with Crippen molar-refractivity contribution in [3.8, 4) is 0 Å². The maximum atomic E-state index is 12.6. The molecule has 0 heterocycles. The van der Waals surface area contributed by atoms with Crippen molar-refractivity contribution < 1.29 is 9.59 Å². The second-order valence-corrected chi connectivity index (χ2v) is 13.8. The van der Waals surface area contributed by atoms with Gasteiger partial charge in [0.1, 0.15) is 12.1 Å². The quantitative estimate of drug-likeness (QED) is 0.0903. The van der Waals surface area contributed by atoms with E-state index >= 15 is 0 Å². The molecule has 8 heteroatoms. The maximum Gasteiger partial charge on any atom is 0.167 e. The Morgan fingerprint density at radius 3 is 1.25 bits per heavy atom. The standard InChI is InChI=1S/C40H50N6O2/c1-27(17-13-19-29(3)21-23-33-31(5)37(47)35(43-45-41)25-39(33,7)8)15-11-12-16-28(2)18-14-20-30(4)22-24-34-32(6)38(48)36(44-46-42)26-40(34,9)10/h11-24,35-36H,25-26H2,1-10H3. The van der Waals surface area contributed by atoms with E-state index in [2.05, 4.69) is 47.7 Å². The molecular weight excluding hydrogens is 596 g/mol. The normalized spacial score (nSPS) is 23.0. The van der Waals surface area contributed by atoms with E-state index in [1.165, 1.54) is 0 Å². The second-order valence-electron chi connectivity index (χ2n) is 13.8. The number of allylic oxidation sites excluding steroid dienone is 20. The highest BCUT2D eigenvalue weighted by atomic mass is 16.1. The summed E-state index contributed by atoms with van der Waals surface area (Å²) >= 11 is 0. The van der Waals surface area contributed by atoms with Crippen molar-refractivity contribution >= 4 is 11.6 Å². The monoisotopic (exact) mass is 646 g/mol. The SMILES string of the molecule is CC(C=CC=C(C)C=CC1=C(C)C(=O)C(N=[N+]=[N-])CC1(C)C)=CC=CC=C(C)C=CC=C(C)C=CC1=C(C)C(=O)C(N=[N+]=[N-])CC1(C)C. The van der Waals surface area contributed by atoms with Crippen LogP contribution in [0, 0.1) is 10.8 Å². The lowest BCUT2D eigenvalue weighted by Crippen LogP contribution is -2.34. The van der Waals surface area contributed by atoms with Crippen LogP contribution in [-0.2, 0) is 9.59 Å². The molecule has 0 bridgehead atoms. The highest BCUT2D eigenvalue weighted by Gasteiger charge is 2.38. The average Bonchev–Trinajstić information content (AvgIpc) is 3.00. The number of rotatable bonds is 12. The molecule has 2 aliphatic carbocycles. The van der Waals surface area contributed by atoms with Gasteiger partial charge in [-0.2, -0.15) is 0 Å². The summed E-state index contributed by atoms with van der Waals surface area (Å²) in [5.74, 6) is -0.202. The molecule has 0 N–H and O–H groups in total. The first-order valence-corrected chi connectivity index (χ1v) is 16.2. The molecule has 48 heavy (non-hydrogen) atoms. The fourth-order valence-electron chi connectivity index (χ4n) is 5.93. The first-order chi connectivity index (χ1) is 22.5. The van der Waals surface area contributed by atoms with Gasteiger partial charge in [0.05, 0.1) is 0 Å². The fourth-order valence-corrected chi connectivity index (χ4v) is 5.93. The lowest BCUT2D eigenvalue weighted by atomic mass is 9.70. The van der Waals surface area contributed by atoms with Crippen molar-refractivity contribution in [3.05, 3.63) is 151 Å². The van der Waals surface area contributed by atoms with E-state index in [4.69, 9.17) is 11.1 Å². The molecule has 0 aromatic heterocycles. The van der Waals surface area contributed by atoms with Crippen molar-refractivity contribution in [2.45, 2.75) is 94.2 Å². The van der Waals surface area contributed by atoms with Crippen LogP contribution in [0.3, 0.4) is 0 Å². The fraction of sp³-hybridized carbons (Fsp3) is 0.400. The van der Waals surface area contributed by atoms with Crippen molar-refractivity contribution in [2.75, 3.05) is 0 Å². The predicted octanol–water partition coefficient (Wildman–Crippen LogP) is 11.5. The van der Waals surface area contributed by atoms with Gasteiger partial charge < -0.3 is 0 Å². The number of carbonyl (C=O) groups excluding carboxylic acids is 2. The Morgan fingerprint density at radius 2 is 0.917 bits per heavy atom. The van der Waals surface area contributed by atoms with Gasteiger partial charge in [0.2, 0.25) is 0 Å². The minimum absolute atomic E-state index is 0.101. The summed E-state index contributed by atoms with van der Waals surface area (Å²) in [6, 6.07) is -1.27. The molecule has 0 aliphatic heterocycles. The van der Waals surface area contributed by atoms with E-state index in [1.54, 1.807) is 0 Å². The summed E-state index contributed by atoms with van der Waals surface area (Å²) in [7, 11) is 0. The minimum atomic E-state index is -0.637. The molecule has 252 valence electrons. The van der Waals surface area contributed by atoms with Crippen LogP contribution in [0.5, 0.6) is 0 Å². The van der Waals surface area contributed by atoms with Gasteiger partial charge in [-0.05, 0) is 98.6 Å². The van der Waals surface area contributed by atoms with Crippen LogP contribution >= 0.6 is 0 Å². The van der Waals surface area contributed by atoms with Gasteiger partial charge >= 0.3 is 0 Å². The van der Waals surface area contributed by atoms with Crippen LogP contribution in [0.1, 0.15) is 82.1 Å². The van der Waals surface area contributed by atoms with E-state index in [0.29, 0.717) is 24.0 Å². The van der Waals surface area contributed by atoms with Gasteiger partial charge in [-0.3, -0.25) is 9.59 Å². The predicted molar refractivity (Wildman–Crippen MR) is 199 cm³/mol. The van der Waals surface area contributed by atoms with E-state index < -0.39 is 12.1 Å². The smallest absolute Gasteiger partial charge is 0.167 e. The molecule has 0 radical (unpaired) electrons. The molecule has 2 aliphatic rings. The van der Waals surface area contributed by atoms with Crippen molar-refractivity contribution in [2.24, 2.45) is 21.1 Å². The minimum Gasteiger partial charge on any atom is -0.294 e. The van der Waals surface area contributed by atoms with Gasteiger partial charge in [-0.25, -0.2) is 0 Å². The molecule has 2 atom stereocenters.